The first-order valence-electron chi connectivity index (χ1n) is 7.31. The number of hydrogen-bond acceptors (Lipinski definition) is 2. The van der Waals surface area contributed by atoms with Crippen molar-refractivity contribution in [3.63, 3.8) is 0 Å². The summed E-state index contributed by atoms with van der Waals surface area (Å²) in [5.41, 5.74) is 4.28. The number of hydrogen-bond donors (Lipinski definition) is 1. The summed E-state index contributed by atoms with van der Waals surface area (Å²) >= 11 is 0. The van der Waals surface area contributed by atoms with Gasteiger partial charge in [-0.15, -0.1) is 0 Å². The highest BCUT2D eigenvalue weighted by Gasteiger charge is 2.04. The molecule has 22 heavy (non-hydrogen) atoms. The van der Waals surface area contributed by atoms with Crippen molar-refractivity contribution < 1.29 is 0 Å². The largest absolute Gasteiger partial charge is 0.354 e. The lowest BCUT2D eigenvalue weighted by Crippen LogP contribution is -2.10. The van der Waals surface area contributed by atoms with Gasteiger partial charge in [0.25, 0.3) is 0 Å². The van der Waals surface area contributed by atoms with Crippen molar-refractivity contribution in [1.82, 2.24) is 0 Å². The topological polar surface area (TPSA) is 15.3 Å². The van der Waals surface area contributed by atoms with E-state index >= 15 is 0 Å². The van der Waals surface area contributed by atoms with E-state index in [0.717, 1.165) is 29.1 Å². The zero-order valence-corrected chi connectivity index (χ0v) is 13.0. The van der Waals surface area contributed by atoms with Crippen LogP contribution < -0.4 is 10.2 Å². The van der Waals surface area contributed by atoms with Gasteiger partial charge in [0.05, 0.1) is 11.4 Å². The maximum absolute atomic E-state index is 3.92. The van der Waals surface area contributed by atoms with Crippen molar-refractivity contribution in [2.24, 2.45) is 0 Å². The highest BCUT2D eigenvalue weighted by molar-refractivity contribution is 5.75. The first-order valence-corrected chi connectivity index (χ1v) is 7.31. The Labute approximate surface area is 133 Å². The van der Waals surface area contributed by atoms with Crippen LogP contribution in [0, 0.1) is 0 Å². The Morgan fingerprint density at radius 1 is 1.09 bits per heavy atom. The van der Waals surface area contributed by atoms with Gasteiger partial charge in [-0.3, -0.25) is 0 Å². The molecule has 2 rings (SSSR count). The fourth-order valence-corrected chi connectivity index (χ4v) is 2.09. The van der Waals surface area contributed by atoms with Gasteiger partial charge in [0, 0.05) is 18.9 Å². The number of benzene rings is 2. The predicted octanol–water partition coefficient (Wildman–Crippen LogP) is 5.51. The highest BCUT2D eigenvalue weighted by Crippen LogP contribution is 2.28. The fraction of sp³-hybridized carbons (Fsp3) is 0.100. The molecule has 0 aliphatic carbocycles. The van der Waals surface area contributed by atoms with Gasteiger partial charge in [0.1, 0.15) is 0 Å². The Bertz CT molecular complexity index is 656. The van der Waals surface area contributed by atoms with E-state index in [0.29, 0.717) is 0 Å². The van der Waals surface area contributed by atoms with Crippen LogP contribution in [-0.2, 0) is 0 Å². The molecule has 0 atom stereocenters. The molecule has 0 radical (unpaired) electrons. The average Bonchev–Trinajstić information content (AvgIpc) is 2.56. The maximum atomic E-state index is 3.92. The normalized spacial score (nSPS) is 10.4. The molecule has 0 heterocycles. The van der Waals surface area contributed by atoms with Crippen LogP contribution in [0.25, 0.3) is 0 Å². The van der Waals surface area contributed by atoms with Crippen molar-refractivity contribution in [3.8, 4) is 0 Å². The van der Waals surface area contributed by atoms with Gasteiger partial charge < -0.3 is 10.2 Å². The molecule has 2 nitrogen and oxygen atoms in total. The van der Waals surface area contributed by atoms with E-state index in [1.807, 2.05) is 37.4 Å². The lowest BCUT2D eigenvalue weighted by Gasteiger charge is -2.19. The van der Waals surface area contributed by atoms with E-state index in [1.54, 1.807) is 6.08 Å². The van der Waals surface area contributed by atoms with Gasteiger partial charge in [-0.2, -0.15) is 0 Å². The summed E-state index contributed by atoms with van der Waals surface area (Å²) < 4.78 is 0. The molecule has 0 aromatic heterocycles. The van der Waals surface area contributed by atoms with Crippen LogP contribution in [0.4, 0.5) is 17.1 Å². The average molecular weight is 290 g/mol. The molecule has 0 fully saturated rings. The highest BCUT2D eigenvalue weighted by atomic mass is 15.1. The molecular formula is C20H22N2. The molecule has 0 amide bonds. The monoisotopic (exact) mass is 290 g/mol. The molecule has 2 aromatic carbocycles. The number of rotatable bonds is 7. The van der Waals surface area contributed by atoms with Crippen molar-refractivity contribution >= 4 is 17.1 Å². The number of nitrogens with zero attached hydrogens (tertiary/aromatic N) is 1. The Kier molecular flexibility index (Phi) is 5.61. The van der Waals surface area contributed by atoms with Gasteiger partial charge in [-0.05, 0) is 30.7 Å². The molecule has 0 aliphatic heterocycles. The molecule has 1 N–H and O–H groups in total. The molecule has 0 aliphatic rings. The van der Waals surface area contributed by atoms with Gasteiger partial charge in [-0.1, -0.05) is 61.2 Å². The number of anilines is 3. The van der Waals surface area contributed by atoms with Gasteiger partial charge in [0.2, 0.25) is 0 Å². The summed E-state index contributed by atoms with van der Waals surface area (Å²) in [6, 6.07) is 18.4. The summed E-state index contributed by atoms with van der Waals surface area (Å²) in [4.78, 5) is 2.10. The molecule has 0 bridgehead atoms. The Morgan fingerprint density at radius 2 is 1.77 bits per heavy atom. The maximum Gasteiger partial charge on any atom is 0.0642 e. The molecule has 2 heteroatoms. The van der Waals surface area contributed by atoms with Crippen LogP contribution in [0.3, 0.4) is 0 Å². The molecule has 0 spiro atoms. The summed E-state index contributed by atoms with van der Waals surface area (Å²) in [6.07, 6.45) is 6.74. The minimum Gasteiger partial charge on any atom is -0.354 e. The minimum absolute atomic E-state index is 0.808. The van der Waals surface area contributed by atoms with E-state index < -0.39 is 0 Å². The summed E-state index contributed by atoms with van der Waals surface area (Å²) in [5.74, 6) is 0. The lowest BCUT2D eigenvalue weighted by molar-refractivity contribution is 1.17. The smallest absolute Gasteiger partial charge is 0.0642 e. The second-order valence-corrected chi connectivity index (χ2v) is 5.07. The molecule has 0 saturated carbocycles. The zero-order valence-electron chi connectivity index (χ0n) is 13.0. The number of allylic oxidation sites excluding steroid dienone is 3. The van der Waals surface area contributed by atoms with Crippen LogP contribution >= 0.6 is 0 Å². The summed E-state index contributed by atoms with van der Waals surface area (Å²) in [5, 5.41) is 3.45. The van der Waals surface area contributed by atoms with E-state index in [1.165, 1.54) is 0 Å². The Balaban J connectivity index is 2.13. The first-order chi connectivity index (χ1) is 10.7. The molecule has 0 unspecified atom stereocenters. The molecule has 0 saturated heterocycles. The zero-order chi connectivity index (χ0) is 15.8. The molecular weight excluding hydrogens is 268 g/mol. The standard InChI is InChI=1S/C20H22N2/c1-4-17(2)11-10-16-22(3)20-15-9-8-14-19(20)21-18-12-6-5-7-13-18/h4-10,12-16,21H,1-2,11H2,3H3/b16-10-. The molecule has 2 aromatic rings. The van der Waals surface area contributed by atoms with Crippen LogP contribution in [0.15, 0.2) is 91.7 Å². The molecule has 112 valence electrons. The minimum atomic E-state index is 0.808. The van der Waals surface area contributed by atoms with E-state index in [4.69, 9.17) is 0 Å². The fourth-order valence-electron chi connectivity index (χ4n) is 2.09. The van der Waals surface area contributed by atoms with Crippen molar-refractivity contribution in [3.05, 3.63) is 91.7 Å². The van der Waals surface area contributed by atoms with Crippen LogP contribution in [0.1, 0.15) is 6.42 Å². The second kappa shape index (κ2) is 7.89. The van der Waals surface area contributed by atoms with Gasteiger partial charge >= 0.3 is 0 Å². The Hall–Kier alpha value is -2.74. The van der Waals surface area contributed by atoms with Crippen molar-refractivity contribution in [2.45, 2.75) is 6.42 Å². The number of para-hydroxylation sites is 3. The SMILES string of the molecule is C=CC(=C)C/C=C\N(C)c1ccccc1Nc1ccccc1. The third-order valence-corrected chi connectivity index (χ3v) is 3.33. The number of nitrogens with one attached hydrogen (secondary N) is 1. The van der Waals surface area contributed by atoms with Crippen LogP contribution in [0.2, 0.25) is 0 Å². The van der Waals surface area contributed by atoms with Gasteiger partial charge in [-0.25, -0.2) is 0 Å². The quantitative estimate of drug-likeness (QED) is 0.676. The third-order valence-electron chi connectivity index (χ3n) is 3.33. The third kappa shape index (κ3) is 4.38. The summed E-state index contributed by atoms with van der Waals surface area (Å²) in [7, 11) is 2.04. The summed E-state index contributed by atoms with van der Waals surface area (Å²) in [6.45, 7) is 7.64. The van der Waals surface area contributed by atoms with Crippen LogP contribution in [0.5, 0.6) is 0 Å². The van der Waals surface area contributed by atoms with Crippen LogP contribution in [-0.4, -0.2) is 7.05 Å². The van der Waals surface area contributed by atoms with Gasteiger partial charge in [0.15, 0.2) is 0 Å². The van der Waals surface area contributed by atoms with Crippen molar-refractivity contribution in [1.29, 1.82) is 0 Å². The predicted molar refractivity (Wildman–Crippen MR) is 97.7 cm³/mol. The second-order valence-electron chi connectivity index (χ2n) is 5.07. The van der Waals surface area contributed by atoms with Crippen molar-refractivity contribution in [2.75, 3.05) is 17.3 Å². The van der Waals surface area contributed by atoms with E-state index in [2.05, 4.69) is 59.9 Å². The first kappa shape index (κ1) is 15.6. The van der Waals surface area contributed by atoms with E-state index in [-0.39, 0.29) is 0 Å². The van der Waals surface area contributed by atoms with E-state index in [9.17, 15) is 0 Å². The lowest BCUT2D eigenvalue weighted by atomic mass is 10.2. The Morgan fingerprint density at radius 3 is 2.50 bits per heavy atom.